The van der Waals surface area contributed by atoms with Crippen LogP contribution in [0.3, 0.4) is 0 Å². The van der Waals surface area contributed by atoms with Crippen molar-refractivity contribution in [3.8, 4) is 0 Å². The third kappa shape index (κ3) is 3.24. The van der Waals surface area contributed by atoms with Crippen LogP contribution in [0.2, 0.25) is 0 Å². The molecule has 0 bridgehead atoms. The first-order valence-electron chi connectivity index (χ1n) is 6.45. The highest BCUT2D eigenvalue weighted by molar-refractivity contribution is 7.99. The molecule has 0 aliphatic rings. The fraction of sp³-hybridized carbons (Fsp3) is 0.0769. The maximum Gasteiger partial charge on any atom is 0.276 e. The molecule has 0 atom stereocenters. The number of pyridine rings is 1. The number of anilines is 2. The van der Waals surface area contributed by atoms with Crippen LogP contribution in [0, 0.1) is 5.82 Å². The van der Waals surface area contributed by atoms with Crippen molar-refractivity contribution in [2.24, 2.45) is 0 Å². The second-order valence-electron chi connectivity index (χ2n) is 3.72. The van der Waals surface area contributed by atoms with E-state index >= 15 is 0 Å². The summed E-state index contributed by atoms with van der Waals surface area (Å²) in [6, 6.07) is 6.48. The molecule has 1 amide bonds. The monoisotopic (exact) mass is 296 g/mol. The van der Waals surface area contributed by atoms with Crippen molar-refractivity contribution in [3.63, 3.8) is 0 Å². The van der Waals surface area contributed by atoms with Crippen LogP contribution in [0.1, 0.15) is 13.2 Å². The number of nitrogens with one attached hydrogen (secondary N) is 1. The Morgan fingerprint density at radius 2 is 2.30 bits per heavy atom. The first-order chi connectivity index (χ1) is 10.3. The van der Waals surface area contributed by atoms with Crippen LogP contribution in [0.4, 0.5) is 20.2 Å². The Morgan fingerprint density at radius 3 is 3.00 bits per heavy atom. The Morgan fingerprint density at radius 1 is 1.50 bits per heavy atom. The van der Waals surface area contributed by atoms with Crippen LogP contribution >= 0.6 is 11.8 Å². The minimum atomic E-state index is -3.13. The van der Waals surface area contributed by atoms with Gasteiger partial charge in [0.2, 0.25) is 0 Å². The van der Waals surface area contributed by atoms with Crippen molar-refractivity contribution >= 4 is 29.0 Å². The Labute approximate surface area is 121 Å². The van der Waals surface area contributed by atoms with E-state index in [1.54, 1.807) is 6.07 Å². The standard InChI is InChI=1S/C13H11F2N3OS/c14-7-20-11-6-8(3-4-9(11)15)18-13(19)12-10(16)2-1-5-17-12/h1-6H,7,16H2,(H,18,19)/i7D2,14-1. The topological polar surface area (TPSA) is 68.0 Å². The van der Waals surface area contributed by atoms with E-state index in [-0.39, 0.29) is 33.7 Å². The largest absolute Gasteiger partial charge is 0.397 e. The van der Waals surface area contributed by atoms with Gasteiger partial charge < -0.3 is 11.1 Å². The summed E-state index contributed by atoms with van der Waals surface area (Å²) in [7, 11) is 0. The fourth-order valence-electron chi connectivity index (χ4n) is 1.50. The molecule has 1 aromatic heterocycles. The number of nitrogens with two attached hydrogens (primary N) is 1. The summed E-state index contributed by atoms with van der Waals surface area (Å²) in [4.78, 5) is 15.6. The predicted molar refractivity (Wildman–Crippen MR) is 74.8 cm³/mol. The molecule has 0 saturated carbocycles. The van der Waals surface area contributed by atoms with Crippen molar-refractivity contribution in [2.45, 2.75) is 4.90 Å². The van der Waals surface area contributed by atoms with Gasteiger partial charge in [-0.3, -0.25) is 4.79 Å². The second kappa shape index (κ2) is 6.33. The third-order valence-corrected chi connectivity index (χ3v) is 3.00. The Bertz CT molecular complexity index is 710. The van der Waals surface area contributed by atoms with Crippen molar-refractivity contribution in [1.82, 2.24) is 4.98 Å². The Hall–Kier alpha value is -2.15. The lowest BCUT2D eigenvalue weighted by Crippen LogP contribution is -2.15. The Kier molecular flexibility index (Phi) is 3.69. The predicted octanol–water partition coefficient (Wildman–Crippen LogP) is 3.07. The fourth-order valence-corrected chi connectivity index (χ4v) is 1.93. The van der Waals surface area contributed by atoms with Gasteiger partial charge in [-0.1, -0.05) is 11.8 Å². The highest BCUT2D eigenvalue weighted by atomic mass is 32.2. The summed E-state index contributed by atoms with van der Waals surface area (Å²) in [5, 5.41) is 2.45. The van der Waals surface area contributed by atoms with E-state index in [0.29, 0.717) is 0 Å². The molecular formula is C13H11F2N3OS. The van der Waals surface area contributed by atoms with Crippen LogP contribution < -0.4 is 11.1 Å². The number of aromatic nitrogens is 1. The van der Waals surface area contributed by atoms with Gasteiger partial charge in [0, 0.05) is 16.8 Å². The number of hydrogen-bond donors (Lipinski definition) is 2. The second-order valence-corrected chi connectivity index (χ2v) is 4.52. The number of alkyl halides is 1. The zero-order valence-electron chi connectivity index (χ0n) is 12.1. The number of nitrogens with zero attached hydrogens (tertiary/aromatic N) is 1. The third-order valence-electron chi connectivity index (χ3n) is 2.39. The first kappa shape index (κ1) is 11.7. The summed E-state index contributed by atoms with van der Waals surface area (Å²) in [6.07, 6.45) is 1.40. The smallest absolute Gasteiger partial charge is 0.276 e. The van der Waals surface area contributed by atoms with Gasteiger partial charge in [0.15, 0.2) is 5.69 Å². The van der Waals surface area contributed by atoms with E-state index in [2.05, 4.69) is 10.3 Å². The van der Waals surface area contributed by atoms with Crippen molar-refractivity contribution in [1.29, 1.82) is 0 Å². The van der Waals surface area contributed by atoms with E-state index in [0.717, 1.165) is 12.1 Å². The first-order valence-corrected chi connectivity index (χ1v) is 6.27. The van der Waals surface area contributed by atoms with Crippen LogP contribution in [-0.2, 0) is 0 Å². The zero-order chi connectivity index (χ0) is 16.3. The molecule has 0 spiro atoms. The van der Waals surface area contributed by atoms with Crippen molar-refractivity contribution < 1.29 is 16.3 Å². The SMILES string of the molecule is [2H]C([2H])([18F])Sc1cc(NC(=O)c2ncccc2N)ccc1F. The number of thioether (sulfide) groups is 1. The van der Waals surface area contributed by atoms with Gasteiger partial charge in [0.25, 0.3) is 5.91 Å². The molecule has 2 rings (SSSR count). The minimum absolute atomic E-state index is 0.00171. The molecule has 3 N–H and O–H groups in total. The molecule has 0 fully saturated rings. The molecule has 0 aliphatic carbocycles. The zero-order valence-corrected chi connectivity index (χ0v) is 10.9. The summed E-state index contributed by atoms with van der Waals surface area (Å²) in [6.45, 7) is 0. The van der Waals surface area contributed by atoms with E-state index in [1.165, 1.54) is 18.3 Å². The molecule has 7 heteroatoms. The minimum Gasteiger partial charge on any atom is -0.397 e. The van der Waals surface area contributed by atoms with E-state index in [1.807, 2.05) is 0 Å². The number of benzene rings is 1. The normalized spacial score (nSPS) is 12.5. The molecule has 4 nitrogen and oxygen atoms in total. The number of nitrogen functional groups attached to an aromatic ring is 1. The lowest BCUT2D eigenvalue weighted by molar-refractivity contribution is 0.102. The molecule has 2 aromatic rings. The summed E-state index contributed by atoms with van der Waals surface area (Å²) in [5.74, 6) is -4.53. The molecule has 1 heterocycles. The number of halogens is 2. The van der Waals surface area contributed by atoms with Crippen molar-refractivity contribution in [2.75, 3.05) is 17.0 Å². The highest BCUT2D eigenvalue weighted by Gasteiger charge is 2.12. The van der Waals surface area contributed by atoms with Crippen LogP contribution in [0.15, 0.2) is 41.4 Å². The quantitative estimate of drug-likeness (QED) is 0.851. The van der Waals surface area contributed by atoms with Crippen LogP contribution in [0.25, 0.3) is 0 Å². The van der Waals surface area contributed by atoms with Gasteiger partial charge in [-0.15, -0.1) is 0 Å². The number of amides is 1. The molecular weight excluding hydrogens is 283 g/mol. The van der Waals surface area contributed by atoms with E-state index in [9.17, 15) is 13.6 Å². The van der Waals surface area contributed by atoms with E-state index < -0.39 is 17.7 Å². The van der Waals surface area contributed by atoms with Gasteiger partial charge in [0.05, 0.1) is 8.43 Å². The van der Waals surface area contributed by atoms with Gasteiger partial charge >= 0.3 is 0 Å². The average molecular weight is 296 g/mol. The van der Waals surface area contributed by atoms with Crippen LogP contribution in [-0.4, -0.2) is 16.8 Å². The van der Waals surface area contributed by atoms with Crippen LogP contribution in [0.5, 0.6) is 0 Å². The lowest BCUT2D eigenvalue weighted by atomic mass is 10.2. The number of carbonyl (C=O) groups is 1. The average Bonchev–Trinajstić information content (AvgIpc) is 2.41. The van der Waals surface area contributed by atoms with Gasteiger partial charge in [-0.25, -0.2) is 13.8 Å². The molecule has 0 aliphatic heterocycles. The molecule has 0 radical (unpaired) electrons. The number of hydrogen-bond acceptors (Lipinski definition) is 4. The lowest BCUT2D eigenvalue weighted by Gasteiger charge is -2.08. The van der Waals surface area contributed by atoms with Crippen molar-refractivity contribution in [3.05, 3.63) is 48.0 Å². The summed E-state index contributed by atoms with van der Waals surface area (Å²) in [5.41, 5.74) is 5.97. The van der Waals surface area contributed by atoms with Gasteiger partial charge in [0.1, 0.15) is 11.8 Å². The number of rotatable bonds is 4. The van der Waals surface area contributed by atoms with E-state index in [4.69, 9.17) is 8.48 Å². The number of carbonyl (C=O) groups excluding carboxylic acids is 1. The molecule has 20 heavy (non-hydrogen) atoms. The summed E-state index contributed by atoms with van der Waals surface area (Å²) >= 11 is 0.0676. The summed E-state index contributed by atoms with van der Waals surface area (Å²) < 4.78 is 40.2. The highest BCUT2D eigenvalue weighted by Crippen LogP contribution is 2.25. The molecule has 0 saturated heterocycles. The molecule has 1 aromatic carbocycles. The molecule has 104 valence electrons. The Balaban J connectivity index is 2.22. The molecule has 0 unspecified atom stereocenters. The maximum atomic E-state index is 13.5. The maximum absolute atomic E-state index is 13.5. The van der Waals surface area contributed by atoms with Gasteiger partial charge in [-0.05, 0) is 30.3 Å². The van der Waals surface area contributed by atoms with Gasteiger partial charge in [-0.2, -0.15) is 0 Å².